The van der Waals surface area contributed by atoms with E-state index < -0.39 is 0 Å². The summed E-state index contributed by atoms with van der Waals surface area (Å²) in [5, 5.41) is 2.76. The number of nitrogens with one attached hydrogen (secondary N) is 1. The highest BCUT2D eigenvalue weighted by atomic mass is 16.2. The van der Waals surface area contributed by atoms with Crippen LogP contribution in [0.2, 0.25) is 0 Å². The van der Waals surface area contributed by atoms with Crippen LogP contribution in [0.4, 0.5) is 5.69 Å². The van der Waals surface area contributed by atoms with Crippen LogP contribution in [-0.4, -0.2) is 36.9 Å². The number of anilines is 1. The Balaban J connectivity index is 2.83. The Labute approximate surface area is 126 Å². The second-order valence-electron chi connectivity index (χ2n) is 6.01. The van der Waals surface area contributed by atoms with Gasteiger partial charge in [-0.2, -0.15) is 0 Å². The lowest BCUT2D eigenvalue weighted by atomic mass is 9.93. The van der Waals surface area contributed by atoms with E-state index in [1.54, 1.807) is 43.1 Å². The van der Waals surface area contributed by atoms with Crippen LogP contribution in [0.1, 0.15) is 37.6 Å². The van der Waals surface area contributed by atoms with Gasteiger partial charge in [0.2, 0.25) is 5.91 Å². The molecule has 0 radical (unpaired) electrons. The van der Waals surface area contributed by atoms with E-state index in [4.69, 9.17) is 5.73 Å². The molecule has 1 rings (SSSR count). The third-order valence-corrected chi connectivity index (χ3v) is 3.28. The standard InChI is InChI=1S/C16H25N3O2/c1-5-14(20)18-13-8-6-7-12(9-13)15(21)19(4)11-16(2,3)10-17/h6-9H,5,10-11,17H2,1-4H3,(H,18,20). The molecule has 116 valence electrons. The predicted octanol–water partition coefficient (Wildman–Crippen LogP) is 2.09. The number of carbonyl (C=O) groups excluding carboxylic acids is 2. The smallest absolute Gasteiger partial charge is 0.253 e. The Kier molecular flexibility index (Phi) is 5.90. The number of amides is 2. The fourth-order valence-electron chi connectivity index (χ4n) is 1.98. The first-order valence-electron chi connectivity index (χ1n) is 7.14. The van der Waals surface area contributed by atoms with Crippen molar-refractivity contribution in [1.29, 1.82) is 0 Å². The van der Waals surface area contributed by atoms with Gasteiger partial charge in [-0.3, -0.25) is 9.59 Å². The lowest BCUT2D eigenvalue weighted by Crippen LogP contribution is -2.39. The summed E-state index contributed by atoms with van der Waals surface area (Å²) < 4.78 is 0. The van der Waals surface area contributed by atoms with Crippen LogP contribution >= 0.6 is 0 Å². The van der Waals surface area contributed by atoms with Crippen molar-refractivity contribution in [2.24, 2.45) is 11.1 Å². The quantitative estimate of drug-likeness (QED) is 0.842. The Morgan fingerprint density at radius 3 is 2.57 bits per heavy atom. The molecule has 0 bridgehead atoms. The van der Waals surface area contributed by atoms with E-state index >= 15 is 0 Å². The molecule has 1 aromatic carbocycles. The number of nitrogens with zero attached hydrogens (tertiary/aromatic N) is 1. The summed E-state index contributed by atoms with van der Waals surface area (Å²) in [5.41, 5.74) is 6.77. The molecule has 0 atom stereocenters. The van der Waals surface area contributed by atoms with Crippen LogP contribution in [0, 0.1) is 5.41 Å². The molecule has 0 saturated heterocycles. The number of benzene rings is 1. The molecule has 0 unspecified atom stereocenters. The van der Waals surface area contributed by atoms with Gasteiger partial charge in [0.05, 0.1) is 0 Å². The van der Waals surface area contributed by atoms with E-state index in [-0.39, 0.29) is 17.2 Å². The minimum atomic E-state index is -0.127. The average Bonchev–Trinajstić information content (AvgIpc) is 2.46. The van der Waals surface area contributed by atoms with Crippen molar-refractivity contribution >= 4 is 17.5 Å². The molecule has 0 saturated carbocycles. The lowest BCUT2D eigenvalue weighted by molar-refractivity contribution is -0.115. The number of hydrogen-bond donors (Lipinski definition) is 2. The van der Waals surface area contributed by atoms with E-state index in [2.05, 4.69) is 5.32 Å². The first kappa shape index (κ1) is 17.2. The second kappa shape index (κ2) is 7.22. The molecule has 0 heterocycles. The molecule has 0 spiro atoms. The molecule has 0 aromatic heterocycles. The van der Waals surface area contributed by atoms with Gasteiger partial charge in [-0.15, -0.1) is 0 Å². The Morgan fingerprint density at radius 2 is 2.00 bits per heavy atom. The molecule has 0 aliphatic rings. The first-order chi connectivity index (χ1) is 9.79. The summed E-state index contributed by atoms with van der Waals surface area (Å²) in [6, 6.07) is 6.98. The van der Waals surface area contributed by atoms with Crippen LogP contribution < -0.4 is 11.1 Å². The van der Waals surface area contributed by atoms with Gasteiger partial charge in [0, 0.05) is 31.3 Å². The van der Waals surface area contributed by atoms with Gasteiger partial charge >= 0.3 is 0 Å². The molecule has 5 heteroatoms. The topological polar surface area (TPSA) is 75.4 Å². The van der Waals surface area contributed by atoms with Crippen LogP contribution in [0.5, 0.6) is 0 Å². The van der Waals surface area contributed by atoms with E-state index in [1.165, 1.54) is 0 Å². The molecule has 0 aliphatic carbocycles. The minimum absolute atomic E-state index is 0.0720. The number of nitrogens with two attached hydrogens (primary N) is 1. The third-order valence-electron chi connectivity index (χ3n) is 3.28. The van der Waals surface area contributed by atoms with Gasteiger partial charge in [0.25, 0.3) is 5.91 Å². The zero-order valence-electron chi connectivity index (χ0n) is 13.3. The summed E-state index contributed by atoms with van der Waals surface area (Å²) in [5.74, 6) is -0.152. The second-order valence-corrected chi connectivity index (χ2v) is 6.01. The maximum Gasteiger partial charge on any atom is 0.253 e. The number of carbonyl (C=O) groups is 2. The summed E-state index contributed by atoms with van der Waals surface area (Å²) in [4.78, 5) is 25.5. The zero-order valence-corrected chi connectivity index (χ0v) is 13.3. The van der Waals surface area contributed by atoms with Crippen molar-refractivity contribution in [3.63, 3.8) is 0 Å². The number of hydrogen-bond acceptors (Lipinski definition) is 3. The van der Waals surface area contributed by atoms with Gasteiger partial charge in [0.15, 0.2) is 0 Å². The zero-order chi connectivity index (χ0) is 16.0. The molecule has 3 N–H and O–H groups in total. The Bertz CT molecular complexity index is 512. The van der Waals surface area contributed by atoms with Crippen molar-refractivity contribution in [2.75, 3.05) is 25.5 Å². The monoisotopic (exact) mass is 291 g/mol. The fraction of sp³-hybridized carbons (Fsp3) is 0.500. The van der Waals surface area contributed by atoms with E-state index in [0.29, 0.717) is 30.8 Å². The van der Waals surface area contributed by atoms with Gasteiger partial charge in [-0.25, -0.2) is 0 Å². The third kappa shape index (κ3) is 5.19. The van der Waals surface area contributed by atoms with Gasteiger partial charge < -0.3 is 16.0 Å². The van der Waals surface area contributed by atoms with Crippen molar-refractivity contribution in [3.8, 4) is 0 Å². The van der Waals surface area contributed by atoms with Crippen LogP contribution in [-0.2, 0) is 4.79 Å². The van der Waals surface area contributed by atoms with E-state index in [0.717, 1.165) is 0 Å². The highest BCUT2D eigenvalue weighted by Gasteiger charge is 2.22. The molecule has 0 fully saturated rings. The molecule has 21 heavy (non-hydrogen) atoms. The summed E-state index contributed by atoms with van der Waals surface area (Å²) in [6.07, 6.45) is 0.406. The van der Waals surface area contributed by atoms with Gasteiger partial charge in [0.1, 0.15) is 0 Å². The Hall–Kier alpha value is -1.88. The average molecular weight is 291 g/mol. The maximum absolute atomic E-state index is 12.4. The Morgan fingerprint density at radius 1 is 1.33 bits per heavy atom. The summed E-state index contributed by atoms with van der Waals surface area (Å²) >= 11 is 0. The van der Waals surface area contributed by atoms with Crippen molar-refractivity contribution in [2.45, 2.75) is 27.2 Å². The highest BCUT2D eigenvalue weighted by Crippen LogP contribution is 2.17. The van der Waals surface area contributed by atoms with Crippen LogP contribution in [0.15, 0.2) is 24.3 Å². The molecular formula is C16H25N3O2. The van der Waals surface area contributed by atoms with E-state index in [9.17, 15) is 9.59 Å². The molecule has 5 nitrogen and oxygen atoms in total. The van der Waals surface area contributed by atoms with Crippen molar-refractivity contribution in [1.82, 2.24) is 4.90 Å². The van der Waals surface area contributed by atoms with Gasteiger partial charge in [-0.05, 0) is 30.2 Å². The largest absolute Gasteiger partial charge is 0.341 e. The molecule has 0 aliphatic heterocycles. The summed E-state index contributed by atoms with van der Waals surface area (Å²) in [6.45, 7) is 6.92. The lowest BCUT2D eigenvalue weighted by Gasteiger charge is -2.29. The first-order valence-corrected chi connectivity index (χ1v) is 7.14. The van der Waals surface area contributed by atoms with Crippen molar-refractivity contribution < 1.29 is 9.59 Å². The summed E-state index contributed by atoms with van der Waals surface area (Å²) in [7, 11) is 1.76. The van der Waals surface area contributed by atoms with E-state index in [1.807, 2.05) is 13.8 Å². The SMILES string of the molecule is CCC(=O)Nc1cccc(C(=O)N(C)CC(C)(C)CN)c1. The molecule has 1 aromatic rings. The normalized spacial score (nSPS) is 11.1. The highest BCUT2D eigenvalue weighted by molar-refractivity contribution is 5.97. The fourth-order valence-corrected chi connectivity index (χ4v) is 1.98. The van der Waals surface area contributed by atoms with Gasteiger partial charge in [-0.1, -0.05) is 26.8 Å². The molecular weight excluding hydrogens is 266 g/mol. The minimum Gasteiger partial charge on any atom is -0.341 e. The van der Waals surface area contributed by atoms with Crippen LogP contribution in [0.3, 0.4) is 0 Å². The number of rotatable bonds is 6. The van der Waals surface area contributed by atoms with Crippen molar-refractivity contribution in [3.05, 3.63) is 29.8 Å². The molecule has 2 amide bonds. The maximum atomic E-state index is 12.4. The van der Waals surface area contributed by atoms with Crippen LogP contribution in [0.25, 0.3) is 0 Å². The predicted molar refractivity (Wildman–Crippen MR) is 85.2 cm³/mol.